The van der Waals surface area contributed by atoms with Crippen molar-refractivity contribution in [2.45, 2.75) is 58.0 Å². The van der Waals surface area contributed by atoms with E-state index in [1.165, 1.54) is 12.8 Å². The van der Waals surface area contributed by atoms with Crippen molar-refractivity contribution < 1.29 is 9.59 Å². The molecule has 2 fully saturated rings. The lowest BCUT2D eigenvalue weighted by Gasteiger charge is -2.33. The van der Waals surface area contributed by atoms with Crippen LogP contribution in [-0.2, 0) is 9.59 Å². The van der Waals surface area contributed by atoms with Gasteiger partial charge in [-0.15, -0.1) is 0 Å². The van der Waals surface area contributed by atoms with Crippen LogP contribution in [-0.4, -0.2) is 41.9 Å². The average Bonchev–Trinajstić information content (AvgIpc) is 3.23. The van der Waals surface area contributed by atoms with E-state index in [4.69, 9.17) is 5.73 Å². The second-order valence-electron chi connectivity index (χ2n) is 6.52. The summed E-state index contributed by atoms with van der Waals surface area (Å²) in [6.45, 7) is 5.26. The van der Waals surface area contributed by atoms with Crippen molar-refractivity contribution in [3.8, 4) is 0 Å². The summed E-state index contributed by atoms with van der Waals surface area (Å²) in [5.41, 5.74) is 6.01. The molecule has 0 aromatic heterocycles. The standard InChI is InChI=1S/C15H27N3O2/c1-10(2)15(20)17-12-5-7-18(8-6-12)14(19)9-13(16)11-3-4-11/h10-13H,3-9,16H2,1-2H3,(H,17,20). The van der Waals surface area contributed by atoms with Crippen LogP contribution in [0.3, 0.4) is 0 Å². The molecule has 0 aromatic rings. The fourth-order valence-electron chi connectivity index (χ4n) is 2.66. The molecule has 1 atom stereocenters. The smallest absolute Gasteiger partial charge is 0.224 e. The van der Waals surface area contributed by atoms with Crippen LogP contribution in [0.1, 0.15) is 46.0 Å². The number of nitrogens with two attached hydrogens (primary N) is 1. The molecule has 2 rings (SSSR count). The fraction of sp³-hybridized carbons (Fsp3) is 0.867. The Hall–Kier alpha value is -1.10. The second-order valence-corrected chi connectivity index (χ2v) is 6.52. The van der Waals surface area contributed by atoms with Gasteiger partial charge in [-0.05, 0) is 31.6 Å². The number of likely N-dealkylation sites (tertiary alicyclic amines) is 1. The molecular formula is C15H27N3O2. The molecule has 1 aliphatic carbocycles. The highest BCUT2D eigenvalue weighted by Crippen LogP contribution is 2.33. The third-order valence-corrected chi connectivity index (χ3v) is 4.36. The minimum Gasteiger partial charge on any atom is -0.353 e. The molecule has 3 N–H and O–H groups in total. The predicted octanol–water partition coefficient (Wildman–Crippen LogP) is 0.877. The first-order valence-electron chi connectivity index (χ1n) is 7.81. The Labute approximate surface area is 121 Å². The predicted molar refractivity (Wildman–Crippen MR) is 77.9 cm³/mol. The molecule has 0 bridgehead atoms. The van der Waals surface area contributed by atoms with E-state index in [1.54, 1.807) is 0 Å². The van der Waals surface area contributed by atoms with Gasteiger partial charge in [0.05, 0.1) is 0 Å². The van der Waals surface area contributed by atoms with Crippen molar-refractivity contribution >= 4 is 11.8 Å². The lowest BCUT2D eigenvalue weighted by Crippen LogP contribution is -2.48. The maximum absolute atomic E-state index is 12.1. The molecule has 20 heavy (non-hydrogen) atoms. The van der Waals surface area contributed by atoms with Crippen LogP contribution in [0.5, 0.6) is 0 Å². The normalized spacial score (nSPS) is 21.9. The summed E-state index contributed by atoms with van der Waals surface area (Å²) in [4.78, 5) is 25.7. The largest absolute Gasteiger partial charge is 0.353 e. The first-order chi connectivity index (χ1) is 9.47. The van der Waals surface area contributed by atoms with Crippen LogP contribution in [0.15, 0.2) is 0 Å². The summed E-state index contributed by atoms with van der Waals surface area (Å²) in [6.07, 6.45) is 4.54. The summed E-state index contributed by atoms with van der Waals surface area (Å²) in [7, 11) is 0. The highest BCUT2D eigenvalue weighted by Gasteiger charge is 2.32. The van der Waals surface area contributed by atoms with Crippen molar-refractivity contribution in [3.63, 3.8) is 0 Å². The van der Waals surface area contributed by atoms with E-state index in [0.717, 1.165) is 25.9 Å². The van der Waals surface area contributed by atoms with E-state index in [9.17, 15) is 9.59 Å². The topological polar surface area (TPSA) is 75.4 Å². The molecule has 1 saturated carbocycles. The van der Waals surface area contributed by atoms with Gasteiger partial charge < -0.3 is 16.0 Å². The van der Waals surface area contributed by atoms with Gasteiger partial charge in [-0.25, -0.2) is 0 Å². The molecule has 1 saturated heterocycles. The third kappa shape index (κ3) is 4.20. The van der Waals surface area contributed by atoms with E-state index in [-0.39, 0.29) is 29.8 Å². The van der Waals surface area contributed by atoms with Crippen LogP contribution < -0.4 is 11.1 Å². The summed E-state index contributed by atoms with van der Waals surface area (Å²) >= 11 is 0. The van der Waals surface area contributed by atoms with Gasteiger partial charge in [-0.3, -0.25) is 9.59 Å². The highest BCUT2D eigenvalue weighted by molar-refractivity contribution is 5.78. The third-order valence-electron chi connectivity index (χ3n) is 4.36. The number of carbonyl (C=O) groups is 2. The van der Waals surface area contributed by atoms with Crippen molar-refractivity contribution in [1.82, 2.24) is 10.2 Å². The van der Waals surface area contributed by atoms with Crippen LogP contribution >= 0.6 is 0 Å². The first-order valence-corrected chi connectivity index (χ1v) is 7.81. The van der Waals surface area contributed by atoms with Crippen LogP contribution in [0.25, 0.3) is 0 Å². The van der Waals surface area contributed by atoms with Crippen molar-refractivity contribution in [2.75, 3.05) is 13.1 Å². The monoisotopic (exact) mass is 281 g/mol. The molecular weight excluding hydrogens is 254 g/mol. The zero-order valence-corrected chi connectivity index (χ0v) is 12.6. The summed E-state index contributed by atoms with van der Waals surface area (Å²) in [5, 5.41) is 3.05. The summed E-state index contributed by atoms with van der Waals surface area (Å²) in [6, 6.07) is 0.256. The Morgan fingerprint density at radius 2 is 1.80 bits per heavy atom. The second kappa shape index (κ2) is 6.57. The Kier molecular flexibility index (Phi) is 5.02. The van der Waals surface area contributed by atoms with E-state index >= 15 is 0 Å². The highest BCUT2D eigenvalue weighted by atomic mass is 16.2. The minimum absolute atomic E-state index is 0.0196. The molecule has 0 aromatic carbocycles. The molecule has 0 radical (unpaired) electrons. The van der Waals surface area contributed by atoms with Crippen molar-refractivity contribution in [3.05, 3.63) is 0 Å². The van der Waals surface area contributed by atoms with Gasteiger partial charge >= 0.3 is 0 Å². The van der Waals surface area contributed by atoms with Gasteiger partial charge in [-0.2, -0.15) is 0 Å². The van der Waals surface area contributed by atoms with Gasteiger partial charge in [0.1, 0.15) is 0 Å². The fourth-order valence-corrected chi connectivity index (χ4v) is 2.66. The maximum atomic E-state index is 12.1. The molecule has 114 valence electrons. The molecule has 5 nitrogen and oxygen atoms in total. The molecule has 0 spiro atoms. The van der Waals surface area contributed by atoms with Crippen molar-refractivity contribution in [1.29, 1.82) is 0 Å². The van der Waals surface area contributed by atoms with Crippen molar-refractivity contribution in [2.24, 2.45) is 17.6 Å². The lowest BCUT2D eigenvalue weighted by molar-refractivity contribution is -0.133. The van der Waals surface area contributed by atoms with Gasteiger partial charge in [0, 0.05) is 37.5 Å². The molecule has 1 aliphatic heterocycles. The first kappa shape index (κ1) is 15.3. The number of hydrogen-bond donors (Lipinski definition) is 2. The van der Waals surface area contributed by atoms with Gasteiger partial charge in [0.15, 0.2) is 0 Å². The Balaban J connectivity index is 1.70. The number of amides is 2. The Morgan fingerprint density at radius 1 is 1.20 bits per heavy atom. The minimum atomic E-state index is 0.0196. The average molecular weight is 281 g/mol. The summed E-state index contributed by atoms with van der Waals surface area (Å²) < 4.78 is 0. The molecule has 1 unspecified atom stereocenters. The Bertz CT molecular complexity index is 358. The van der Waals surface area contributed by atoms with Crippen LogP contribution in [0.4, 0.5) is 0 Å². The lowest BCUT2D eigenvalue weighted by atomic mass is 10.0. The number of nitrogens with one attached hydrogen (secondary N) is 1. The van der Waals surface area contributed by atoms with E-state index < -0.39 is 0 Å². The van der Waals surface area contributed by atoms with E-state index in [2.05, 4.69) is 5.32 Å². The van der Waals surface area contributed by atoms with Crippen LogP contribution in [0, 0.1) is 11.8 Å². The van der Waals surface area contributed by atoms with Gasteiger partial charge in [0.2, 0.25) is 11.8 Å². The molecule has 1 heterocycles. The zero-order valence-electron chi connectivity index (χ0n) is 12.6. The molecule has 2 aliphatic rings. The number of nitrogens with zero attached hydrogens (tertiary/aromatic N) is 1. The maximum Gasteiger partial charge on any atom is 0.224 e. The van der Waals surface area contributed by atoms with Crippen LogP contribution in [0.2, 0.25) is 0 Å². The quantitative estimate of drug-likeness (QED) is 0.785. The number of rotatable bonds is 5. The van der Waals surface area contributed by atoms with Gasteiger partial charge in [-0.1, -0.05) is 13.8 Å². The number of carbonyl (C=O) groups excluding carboxylic acids is 2. The zero-order chi connectivity index (χ0) is 14.7. The van der Waals surface area contributed by atoms with E-state index in [1.807, 2.05) is 18.7 Å². The molecule has 5 heteroatoms. The Morgan fingerprint density at radius 3 is 2.30 bits per heavy atom. The van der Waals surface area contributed by atoms with Gasteiger partial charge in [0.25, 0.3) is 0 Å². The SMILES string of the molecule is CC(C)C(=O)NC1CCN(C(=O)CC(N)C2CC2)CC1. The number of piperidine rings is 1. The molecule has 2 amide bonds. The number of hydrogen-bond acceptors (Lipinski definition) is 3. The van der Waals surface area contributed by atoms with E-state index in [0.29, 0.717) is 12.3 Å². The summed E-state index contributed by atoms with van der Waals surface area (Å²) in [5.74, 6) is 0.872.